The Morgan fingerprint density at radius 1 is 0.823 bits per heavy atom. The molecule has 2 aliphatic rings. The summed E-state index contributed by atoms with van der Waals surface area (Å²) in [4.78, 5) is 57.2. The van der Waals surface area contributed by atoms with E-state index in [1.54, 1.807) is 30.5 Å². The molecule has 79 heavy (non-hydrogen) atoms. The minimum atomic E-state index is -4.93. The molecule has 4 aromatic rings. The number of anilines is 1. The Morgan fingerprint density at radius 3 is 1.91 bits per heavy atom. The summed E-state index contributed by atoms with van der Waals surface area (Å²) < 4.78 is 146. The van der Waals surface area contributed by atoms with Gasteiger partial charge in [0.05, 0.1) is 49.2 Å². The number of nitrogens with one attached hydrogen (secondary N) is 2. The number of rotatable bonds is 20. The second-order valence-corrected chi connectivity index (χ2v) is 20.4. The summed E-state index contributed by atoms with van der Waals surface area (Å²) in [5, 5.41) is 19.8. The van der Waals surface area contributed by atoms with Crippen LogP contribution in [0.3, 0.4) is 0 Å². The number of carbonyl (C=O) groups is 4. The van der Waals surface area contributed by atoms with Crippen LogP contribution in [0.15, 0.2) is 67.0 Å². The number of piperazine rings is 1. The number of primary amides is 1. The van der Waals surface area contributed by atoms with E-state index in [0.29, 0.717) is 21.4 Å². The lowest BCUT2D eigenvalue weighted by molar-refractivity contribution is -0.229. The van der Waals surface area contributed by atoms with E-state index in [0.717, 1.165) is 98.3 Å². The minimum Gasteiger partial charge on any atom is -0.469 e. The summed E-state index contributed by atoms with van der Waals surface area (Å²) in [6, 6.07) is 12.4. The van der Waals surface area contributed by atoms with E-state index in [9.17, 15) is 59.4 Å². The zero-order valence-corrected chi connectivity index (χ0v) is 44.3. The first-order chi connectivity index (χ1) is 37.0. The molecule has 25 heteroatoms. The van der Waals surface area contributed by atoms with E-state index in [4.69, 9.17) is 5.73 Å². The van der Waals surface area contributed by atoms with Gasteiger partial charge in [-0.25, -0.2) is 23.2 Å². The number of halogens is 10. The van der Waals surface area contributed by atoms with Crippen LogP contribution in [0.5, 0.6) is 0 Å². The number of aliphatic hydroxyl groups excluding tert-OH is 1. The van der Waals surface area contributed by atoms with E-state index in [1.165, 1.54) is 25.3 Å². The van der Waals surface area contributed by atoms with Crippen molar-refractivity contribution >= 4 is 29.6 Å². The summed E-state index contributed by atoms with van der Waals surface area (Å²) in [5.74, 6) is -0.776. The molecule has 0 bridgehead atoms. The maximum atomic E-state index is 15.1. The van der Waals surface area contributed by atoms with Crippen LogP contribution < -0.4 is 21.3 Å². The number of methoxy groups -OCH3 is 2. The summed E-state index contributed by atoms with van der Waals surface area (Å²) in [5.41, 5.74) is 1.08. The molecule has 4 atom stereocenters. The fourth-order valence-corrected chi connectivity index (χ4v) is 8.80. The van der Waals surface area contributed by atoms with Gasteiger partial charge in [-0.2, -0.15) is 40.2 Å². The normalized spacial score (nSPS) is 16.1. The number of amides is 2. The zero-order chi connectivity index (χ0) is 58.6. The van der Waals surface area contributed by atoms with E-state index >= 15 is 8.78 Å². The number of ether oxygens (including phenoxy) is 2. The highest BCUT2D eigenvalue weighted by molar-refractivity contribution is 5.88. The molecular formula is C54H64F10N8O7. The number of nitrogens with two attached hydrogens (primary N) is 1. The van der Waals surface area contributed by atoms with Gasteiger partial charge in [0.25, 0.3) is 0 Å². The Balaban J connectivity index is 0.000000621. The standard InChI is InChI=1S/C45H50F7N7O4.C9H14F3NO3/c1-44(2,45(50,51)52)41(55-43(62)63-3)38(60)24-32(39(61)27-53-26-34-35(46)22-31(23-36(34)47)37-15-16-59(56-37)42(48)49)21-29-10-7-28(8-11-29)9-12-30-13-14-40(54-25-30)58-19-17-57(18-20-58)33-5-4-6-33;1-8(2,9(10,11)12)5(7(13)15)4-6(14)16-3/h7-8,10-11,13-16,22-23,25,32-33,39,41-42,53,61H,4-6,17-21,24,26-27H2,1-3H3,(H,55,62);5H,4H2,1-3H3,(H2,13,15)/t32-,39+,41-;5-/m11/s1. The van der Waals surface area contributed by atoms with Crippen LogP contribution >= 0.6 is 0 Å². The van der Waals surface area contributed by atoms with Gasteiger partial charge in [0.15, 0.2) is 5.78 Å². The van der Waals surface area contributed by atoms with Gasteiger partial charge in [-0.3, -0.25) is 19.3 Å². The Morgan fingerprint density at radius 2 is 1.42 bits per heavy atom. The van der Waals surface area contributed by atoms with E-state index in [2.05, 4.69) is 46.5 Å². The number of esters is 1. The average molecular weight is 1130 g/mol. The van der Waals surface area contributed by atoms with Crippen LogP contribution in [0.1, 0.15) is 88.6 Å². The van der Waals surface area contributed by atoms with Crippen molar-refractivity contribution in [1.29, 1.82) is 0 Å². The quantitative estimate of drug-likeness (QED) is 0.0375. The number of alkyl halides is 8. The molecule has 15 nitrogen and oxygen atoms in total. The molecule has 3 heterocycles. The monoisotopic (exact) mass is 1130 g/mol. The number of hydrogen-bond acceptors (Lipinski definition) is 12. The highest BCUT2D eigenvalue weighted by atomic mass is 19.4. The third kappa shape index (κ3) is 16.6. The molecule has 2 aromatic heterocycles. The van der Waals surface area contributed by atoms with E-state index < -0.39 is 114 Å². The summed E-state index contributed by atoms with van der Waals surface area (Å²) >= 11 is 0. The SMILES string of the molecule is COC(=O)C[C@H](C(N)=O)C(C)(C)C(F)(F)F.COC(=O)N[C@H](C(=O)C[C@@H](Cc1ccc(C#Cc2ccc(N3CCN(C4CCC4)CC3)nc2)cc1)[C@@H](O)CNCc1c(F)cc(-c2ccn(C(F)F)n2)cc1F)C(C)(C)C(F)(F)F. The zero-order valence-electron chi connectivity index (χ0n) is 44.3. The minimum absolute atomic E-state index is 0.0251. The summed E-state index contributed by atoms with van der Waals surface area (Å²) in [6.45, 7) is 3.27. The predicted octanol–water partition coefficient (Wildman–Crippen LogP) is 8.51. The predicted molar refractivity (Wildman–Crippen MR) is 270 cm³/mol. The second kappa shape index (κ2) is 26.9. The first-order valence-corrected chi connectivity index (χ1v) is 25.1. The van der Waals surface area contributed by atoms with Crippen LogP contribution in [0.2, 0.25) is 0 Å². The molecule has 0 unspecified atom stereocenters. The molecule has 1 aliphatic heterocycles. The van der Waals surface area contributed by atoms with Gasteiger partial charge in [-0.15, -0.1) is 0 Å². The first-order valence-electron chi connectivity index (χ1n) is 25.1. The highest BCUT2D eigenvalue weighted by Gasteiger charge is 2.56. The van der Waals surface area contributed by atoms with Crippen molar-refractivity contribution in [3.8, 4) is 23.1 Å². The van der Waals surface area contributed by atoms with Gasteiger partial charge in [0, 0.05) is 86.4 Å². The molecule has 5 N–H and O–H groups in total. The molecule has 0 radical (unpaired) electrons. The van der Waals surface area contributed by atoms with Crippen LogP contribution in [0.25, 0.3) is 11.3 Å². The summed E-state index contributed by atoms with van der Waals surface area (Å²) in [6.07, 6.45) is -7.06. The van der Waals surface area contributed by atoms with Crippen LogP contribution in [0.4, 0.5) is 54.5 Å². The number of alkyl carbamates (subject to hydrolysis) is 1. The lowest BCUT2D eigenvalue weighted by atomic mass is 9.76. The molecule has 1 saturated carbocycles. The fraction of sp³-hybridized carbons (Fsp3) is 0.519. The number of carbonyl (C=O) groups excluding carboxylic acids is 4. The second-order valence-electron chi connectivity index (χ2n) is 20.4. The summed E-state index contributed by atoms with van der Waals surface area (Å²) in [7, 11) is 1.97. The largest absolute Gasteiger partial charge is 0.469 e. The Kier molecular flexibility index (Phi) is 21.5. The Hall–Kier alpha value is -6.78. The maximum absolute atomic E-state index is 15.1. The number of benzene rings is 2. The molecule has 6 rings (SSSR count). The lowest BCUT2D eigenvalue weighted by Gasteiger charge is -2.43. The number of pyridine rings is 1. The number of ketones is 1. The van der Waals surface area contributed by atoms with Gasteiger partial charge in [0.2, 0.25) is 5.91 Å². The number of nitrogens with zero attached hydrogens (tertiary/aromatic N) is 5. The molecular weight excluding hydrogens is 1060 g/mol. The van der Waals surface area contributed by atoms with Gasteiger partial charge < -0.3 is 35.8 Å². The average Bonchev–Trinajstić information content (AvgIpc) is 3.89. The molecule has 1 saturated heterocycles. The van der Waals surface area contributed by atoms with Crippen molar-refractivity contribution in [2.24, 2.45) is 28.4 Å². The first kappa shape index (κ1) is 63.1. The maximum Gasteiger partial charge on any atom is 0.407 e. The molecule has 2 fully saturated rings. The third-order valence-electron chi connectivity index (χ3n) is 14.5. The van der Waals surface area contributed by atoms with Crippen molar-refractivity contribution in [2.75, 3.05) is 51.8 Å². The molecule has 2 amide bonds. The molecule has 0 spiro atoms. The van der Waals surface area contributed by atoms with Crippen LogP contribution in [-0.2, 0) is 36.8 Å². The van der Waals surface area contributed by atoms with Crippen molar-refractivity contribution in [3.05, 3.63) is 101 Å². The number of Topliss-reactive ketones (excluding diaryl/α,β-unsaturated/α-hetero) is 1. The Bertz CT molecular complexity index is 2740. The third-order valence-corrected chi connectivity index (χ3v) is 14.5. The smallest absolute Gasteiger partial charge is 0.407 e. The van der Waals surface area contributed by atoms with Gasteiger partial charge in [0.1, 0.15) is 23.5 Å². The van der Waals surface area contributed by atoms with Gasteiger partial charge >= 0.3 is 31.0 Å². The van der Waals surface area contributed by atoms with Crippen molar-refractivity contribution < 1.29 is 77.7 Å². The molecule has 1 aliphatic carbocycles. The fourth-order valence-electron chi connectivity index (χ4n) is 8.80. The number of aromatic nitrogens is 3. The van der Waals surface area contributed by atoms with Crippen molar-refractivity contribution in [3.63, 3.8) is 0 Å². The lowest BCUT2D eigenvalue weighted by Crippen LogP contribution is -2.56. The topological polar surface area (TPSA) is 194 Å². The van der Waals surface area contributed by atoms with Gasteiger partial charge in [-0.05, 0) is 87.1 Å². The molecule has 432 valence electrons. The van der Waals surface area contributed by atoms with Crippen LogP contribution in [0, 0.1) is 46.1 Å². The van der Waals surface area contributed by atoms with E-state index in [1.807, 2.05) is 17.4 Å². The number of aliphatic hydroxyl groups is 1. The van der Waals surface area contributed by atoms with Crippen molar-refractivity contribution in [2.45, 2.75) is 110 Å². The van der Waals surface area contributed by atoms with E-state index in [-0.39, 0.29) is 24.2 Å². The van der Waals surface area contributed by atoms with Crippen molar-refractivity contribution in [1.82, 2.24) is 30.3 Å². The molecule has 2 aromatic carbocycles. The number of hydrogen-bond donors (Lipinski definition) is 4. The highest BCUT2D eigenvalue weighted by Crippen LogP contribution is 2.45. The van der Waals surface area contributed by atoms with Crippen LogP contribution in [-0.4, -0.2) is 126 Å². The van der Waals surface area contributed by atoms with Gasteiger partial charge in [-0.1, -0.05) is 44.2 Å². The Labute approximate surface area is 450 Å².